The zero-order valence-corrected chi connectivity index (χ0v) is 10.1. The third kappa shape index (κ3) is 4.79. The van der Waals surface area contributed by atoms with E-state index in [-0.39, 0.29) is 0 Å². The summed E-state index contributed by atoms with van der Waals surface area (Å²) in [7, 11) is 0. The maximum atomic E-state index is 12.7. The fourth-order valence-corrected chi connectivity index (χ4v) is 1.16. The Hall–Kier alpha value is -0.920. The first-order chi connectivity index (χ1) is 9.04. The minimum absolute atomic E-state index is 1.14. The summed E-state index contributed by atoms with van der Waals surface area (Å²) in [6, 6.07) is 0. The summed E-state index contributed by atoms with van der Waals surface area (Å²) in [5, 5.41) is 2.90. The molecule has 0 heterocycles. The standard InChI is InChI=1S/C7H4F10O3S/c8-3(4(9,10)21-1-2(18)19)20-7(16,17)5(11,12)6(13,14)15/h3H,1H2,(H,18,19). The minimum Gasteiger partial charge on any atom is -0.481 e. The summed E-state index contributed by atoms with van der Waals surface area (Å²) in [6.07, 6.45) is -18.1. The largest absolute Gasteiger partial charge is 0.481 e. The molecule has 0 bridgehead atoms. The lowest BCUT2D eigenvalue weighted by molar-refractivity contribution is -0.446. The summed E-state index contributed by atoms with van der Waals surface area (Å²) in [5.74, 6) is -10.4. The summed E-state index contributed by atoms with van der Waals surface area (Å²) in [6.45, 7) is 0. The number of carboxylic acids is 1. The van der Waals surface area contributed by atoms with E-state index in [0.29, 0.717) is 0 Å². The molecule has 1 N–H and O–H groups in total. The van der Waals surface area contributed by atoms with E-state index in [4.69, 9.17) is 5.11 Å². The molecule has 0 amide bonds. The van der Waals surface area contributed by atoms with Gasteiger partial charge in [0.1, 0.15) is 0 Å². The minimum atomic E-state index is -6.93. The second kappa shape index (κ2) is 6.06. The molecule has 0 saturated carbocycles. The van der Waals surface area contributed by atoms with Gasteiger partial charge in [0, 0.05) is 0 Å². The van der Waals surface area contributed by atoms with E-state index in [9.17, 15) is 48.7 Å². The Morgan fingerprint density at radius 1 is 1.05 bits per heavy atom. The number of hydrogen-bond donors (Lipinski definition) is 1. The maximum absolute atomic E-state index is 12.7. The van der Waals surface area contributed by atoms with Crippen LogP contribution in [-0.2, 0) is 9.53 Å². The third-order valence-electron chi connectivity index (χ3n) is 1.63. The topological polar surface area (TPSA) is 46.5 Å². The van der Waals surface area contributed by atoms with Crippen LogP contribution in [0.15, 0.2) is 0 Å². The Kier molecular flexibility index (Phi) is 5.79. The Bertz CT molecular complexity index is 381. The molecule has 3 nitrogen and oxygen atoms in total. The normalized spacial score (nSPS) is 15.9. The molecule has 0 aromatic heterocycles. The smallest absolute Gasteiger partial charge is 0.462 e. The number of carboxylic acid groups (broad SMARTS) is 1. The molecule has 0 saturated heterocycles. The van der Waals surface area contributed by atoms with Crippen molar-refractivity contribution in [3.8, 4) is 0 Å². The van der Waals surface area contributed by atoms with Gasteiger partial charge < -0.3 is 5.11 Å². The van der Waals surface area contributed by atoms with E-state index in [2.05, 4.69) is 4.74 Å². The van der Waals surface area contributed by atoms with Crippen LogP contribution < -0.4 is 0 Å². The van der Waals surface area contributed by atoms with Crippen LogP contribution in [0.1, 0.15) is 0 Å². The van der Waals surface area contributed by atoms with Crippen LogP contribution in [-0.4, -0.2) is 46.6 Å². The zero-order valence-electron chi connectivity index (χ0n) is 9.24. The lowest BCUT2D eigenvalue weighted by Gasteiger charge is -2.30. The molecule has 14 heteroatoms. The Labute approximate surface area is 113 Å². The molecule has 0 rings (SSSR count). The third-order valence-corrected chi connectivity index (χ3v) is 2.59. The molecule has 1 atom stereocenters. The van der Waals surface area contributed by atoms with Crippen LogP contribution in [0.4, 0.5) is 43.9 Å². The molecule has 0 spiro atoms. The van der Waals surface area contributed by atoms with Gasteiger partial charge in [-0.3, -0.25) is 9.53 Å². The van der Waals surface area contributed by atoms with Gasteiger partial charge in [0.25, 0.3) is 6.36 Å². The molecule has 0 aliphatic rings. The molecule has 126 valence electrons. The van der Waals surface area contributed by atoms with Gasteiger partial charge in [-0.2, -0.15) is 39.5 Å². The van der Waals surface area contributed by atoms with Gasteiger partial charge in [-0.05, 0) is 0 Å². The van der Waals surface area contributed by atoms with E-state index in [1.165, 1.54) is 0 Å². The van der Waals surface area contributed by atoms with Crippen molar-refractivity contribution in [3.05, 3.63) is 0 Å². The van der Waals surface area contributed by atoms with Gasteiger partial charge in [0.05, 0.1) is 5.75 Å². The van der Waals surface area contributed by atoms with Crippen molar-refractivity contribution in [1.82, 2.24) is 0 Å². The summed E-state index contributed by atoms with van der Waals surface area (Å²) < 4.78 is 125. The lowest BCUT2D eigenvalue weighted by atomic mass is 10.3. The first kappa shape index (κ1) is 20.1. The molecular formula is C7H4F10O3S. The fraction of sp³-hybridized carbons (Fsp3) is 0.857. The number of halogens is 10. The van der Waals surface area contributed by atoms with Gasteiger partial charge >= 0.3 is 29.4 Å². The van der Waals surface area contributed by atoms with Crippen LogP contribution in [0.25, 0.3) is 0 Å². The fourth-order valence-electron chi connectivity index (χ4n) is 0.661. The van der Waals surface area contributed by atoms with Gasteiger partial charge in [0.2, 0.25) is 0 Å². The molecule has 0 aliphatic heterocycles. The van der Waals surface area contributed by atoms with Crippen LogP contribution in [0.3, 0.4) is 0 Å². The highest BCUT2D eigenvalue weighted by molar-refractivity contribution is 8.01. The molecule has 0 radical (unpaired) electrons. The van der Waals surface area contributed by atoms with E-state index in [1.807, 2.05) is 0 Å². The predicted octanol–water partition coefficient (Wildman–Crippen LogP) is 3.50. The van der Waals surface area contributed by atoms with Gasteiger partial charge in [-0.25, -0.2) is 4.39 Å². The number of alkyl halides is 10. The van der Waals surface area contributed by atoms with Crippen LogP contribution in [0, 0.1) is 0 Å². The highest BCUT2D eigenvalue weighted by Gasteiger charge is 2.75. The Balaban J connectivity index is 5.05. The van der Waals surface area contributed by atoms with Crippen molar-refractivity contribution in [3.63, 3.8) is 0 Å². The molecule has 0 aliphatic carbocycles. The molecule has 0 fully saturated rings. The van der Waals surface area contributed by atoms with Crippen LogP contribution >= 0.6 is 11.8 Å². The number of aliphatic carboxylic acids is 1. The van der Waals surface area contributed by atoms with Crippen LogP contribution in [0.5, 0.6) is 0 Å². The number of carbonyl (C=O) groups is 1. The van der Waals surface area contributed by atoms with Gasteiger partial charge in [-0.1, -0.05) is 11.8 Å². The maximum Gasteiger partial charge on any atom is 0.462 e. The van der Waals surface area contributed by atoms with Gasteiger partial charge in [-0.15, -0.1) is 0 Å². The monoisotopic (exact) mass is 358 g/mol. The Morgan fingerprint density at radius 2 is 1.48 bits per heavy atom. The molecule has 1 unspecified atom stereocenters. The molecule has 21 heavy (non-hydrogen) atoms. The van der Waals surface area contributed by atoms with E-state index in [0.717, 1.165) is 0 Å². The highest BCUT2D eigenvalue weighted by atomic mass is 32.2. The first-order valence-electron chi connectivity index (χ1n) is 4.42. The average molecular weight is 358 g/mol. The summed E-state index contributed by atoms with van der Waals surface area (Å²) >= 11 is -1.14. The van der Waals surface area contributed by atoms with Crippen LogP contribution in [0.2, 0.25) is 0 Å². The van der Waals surface area contributed by atoms with Crippen molar-refractivity contribution in [1.29, 1.82) is 0 Å². The summed E-state index contributed by atoms with van der Waals surface area (Å²) in [4.78, 5) is 9.91. The second-order valence-corrected chi connectivity index (χ2v) is 4.39. The van der Waals surface area contributed by atoms with Crippen molar-refractivity contribution in [2.24, 2.45) is 0 Å². The predicted molar refractivity (Wildman–Crippen MR) is 47.0 cm³/mol. The van der Waals surface area contributed by atoms with E-state index < -0.39 is 53.3 Å². The van der Waals surface area contributed by atoms with Crippen molar-refractivity contribution in [2.45, 2.75) is 29.8 Å². The van der Waals surface area contributed by atoms with Crippen molar-refractivity contribution >= 4 is 17.7 Å². The quantitative estimate of drug-likeness (QED) is 0.708. The SMILES string of the molecule is O=C(O)CSC(F)(F)C(F)OC(F)(F)C(F)(F)C(F)(F)F. The average Bonchev–Trinajstić information content (AvgIpc) is 2.24. The Morgan fingerprint density at radius 3 is 1.81 bits per heavy atom. The van der Waals surface area contributed by atoms with E-state index >= 15 is 0 Å². The molecular weight excluding hydrogens is 354 g/mol. The zero-order chi connectivity index (χ0) is 17.3. The highest BCUT2D eigenvalue weighted by Crippen LogP contribution is 2.49. The lowest BCUT2D eigenvalue weighted by Crippen LogP contribution is -2.55. The van der Waals surface area contributed by atoms with Crippen molar-refractivity contribution in [2.75, 3.05) is 5.75 Å². The molecule has 0 aromatic rings. The summed E-state index contributed by atoms with van der Waals surface area (Å²) in [5.41, 5.74) is 0. The van der Waals surface area contributed by atoms with Crippen molar-refractivity contribution < 1.29 is 58.5 Å². The second-order valence-electron chi connectivity index (χ2n) is 3.27. The first-order valence-corrected chi connectivity index (χ1v) is 5.41. The van der Waals surface area contributed by atoms with E-state index in [1.54, 1.807) is 0 Å². The number of hydrogen-bond acceptors (Lipinski definition) is 3. The molecule has 0 aromatic carbocycles. The number of thioether (sulfide) groups is 1. The number of rotatable bonds is 7. The van der Waals surface area contributed by atoms with Gasteiger partial charge in [0.15, 0.2) is 0 Å². The number of ether oxygens (including phenoxy) is 1.